The quantitative estimate of drug-likeness (QED) is 0.565. The summed E-state index contributed by atoms with van der Waals surface area (Å²) in [5.41, 5.74) is 2.02. The van der Waals surface area contributed by atoms with Crippen molar-refractivity contribution in [2.75, 3.05) is 13.1 Å². The van der Waals surface area contributed by atoms with Crippen LogP contribution in [0.4, 0.5) is 0 Å². The van der Waals surface area contributed by atoms with Crippen LogP contribution in [-0.4, -0.2) is 24.0 Å². The zero-order valence-electron chi connectivity index (χ0n) is 19.7. The molecule has 0 spiro atoms. The summed E-state index contributed by atoms with van der Waals surface area (Å²) in [7, 11) is 0. The Balaban J connectivity index is 1.22. The Kier molecular flexibility index (Phi) is 4.94. The predicted octanol–water partition coefficient (Wildman–Crippen LogP) is 6.23. The van der Waals surface area contributed by atoms with Gasteiger partial charge >= 0.3 is 5.63 Å². The van der Waals surface area contributed by atoms with Crippen LogP contribution in [-0.2, 0) is 0 Å². The molecule has 3 heteroatoms. The molecule has 8 unspecified atom stereocenters. The molecular formula is C28H41NO2. The highest BCUT2D eigenvalue weighted by molar-refractivity contribution is 5.22. The molecule has 0 bridgehead atoms. The van der Waals surface area contributed by atoms with Gasteiger partial charge in [0.1, 0.15) is 0 Å². The molecule has 1 aromatic rings. The molecular weight excluding hydrogens is 382 g/mol. The van der Waals surface area contributed by atoms with Crippen LogP contribution >= 0.6 is 0 Å². The number of rotatable bonds is 2. The van der Waals surface area contributed by atoms with Crippen LogP contribution in [0.25, 0.3) is 0 Å². The van der Waals surface area contributed by atoms with Gasteiger partial charge in [-0.1, -0.05) is 13.8 Å². The van der Waals surface area contributed by atoms with Gasteiger partial charge in [-0.05, 0) is 136 Å². The molecule has 2 heterocycles. The molecule has 0 radical (unpaired) electrons. The Morgan fingerprint density at radius 2 is 1.68 bits per heavy atom. The van der Waals surface area contributed by atoms with Gasteiger partial charge in [-0.2, -0.15) is 0 Å². The van der Waals surface area contributed by atoms with Crippen molar-refractivity contribution in [1.82, 2.24) is 4.90 Å². The molecule has 1 aromatic heterocycles. The van der Waals surface area contributed by atoms with Crippen LogP contribution in [0.1, 0.15) is 96.0 Å². The first kappa shape index (κ1) is 20.5. The highest BCUT2D eigenvalue weighted by atomic mass is 16.4. The van der Waals surface area contributed by atoms with Crippen LogP contribution in [0.3, 0.4) is 0 Å². The molecule has 4 saturated carbocycles. The molecule has 6 rings (SSSR count). The van der Waals surface area contributed by atoms with E-state index in [1.54, 1.807) is 12.3 Å². The van der Waals surface area contributed by atoms with Crippen LogP contribution < -0.4 is 5.63 Å². The van der Waals surface area contributed by atoms with Gasteiger partial charge in [0.2, 0.25) is 0 Å². The largest absolute Gasteiger partial charge is 0.431 e. The first-order valence-electron chi connectivity index (χ1n) is 13.3. The third-order valence-electron chi connectivity index (χ3n) is 11.4. The third kappa shape index (κ3) is 3.12. The third-order valence-corrected chi connectivity index (χ3v) is 11.4. The van der Waals surface area contributed by atoms with Gasteiger partial charge in [-0.25, -0.2) is 4.79 Å². The average molecular weight is 424 g/mol. The SMILES string of the molecule is CC12CCC(N3CCCC3)CC1CCC1C2CCC2(C)C(c3ccc(=O)oc3)CCC12. The van der Waals surface area contributed by atoms with E-state index in [9.17, 15) is 4.79 Å². The highest BCUT2D eigenvalue weighted by Gasteiger charge is 2.60. The number of fused-ring (bicyclic) bond motifs is 5. The Bertz CT molecular complexity index is 852. The predicted molar refractivity (Wildman–Crippen MR) is 124 cm³/mol. The van der Waals surface area contributed by atoms with E-state index < -0.39 is 0 Å². The van der Waals surface area contributed by atoms with Gasteiger partial charge in [0.05, 0.1) is 6.26 Å². The van der Waals surface area contributed by atoms with E-state index in [2.05, 4.69) is 18.7 Å². The standard InChI is InChI=1S/C28H41NO2/c1-27-13-11-21(29-15-3-4-16-29)17-20(27)6-7-22-24-9-8-23(19-5-10-26(30)31-18-19)28(24,2)14-12-25(22)27/h5,10,18,20-25H,3-4,6-9,11-17H2,1-2H3. The molecule has 8 atom stereocenters. The minimum Gasteiger partial charge on any atom is -0.431 e. The van der Waals surface area contributed by atoms with Crippen LogP contribution in [0.5, 0.6) is 0 Å². The average Bonchev–Trinajstić information content (AvgIpc) is 3.42. The van der Waals surface area contributed by atoms with Gasteiger partial charge < -0.3 is 9.32 Å². The van der Waals surface area contributed by atoms with E-state index in [1.807, 2.05) is 6.07 Å². The van der Waals surface area contributed by atoms with E-state index >= 15 is 0 Å². The summed E-state index contributed by atoms with van der Waals surface area (Å²) >= 11 is 0. The molecule has 0 N–H and O–H groups in total. The van der Waals surface area contributed by atoms with Crippen molar-refractivity contribution in [1.29, 1.82) is 0 Å². The second-order valence-corrected chi connectivity index (χ2v) is 12.4. The molecule has 0 amide bonds. The zero-order chi connectivity index (χ0) is 21.2. The molecule has 1 saturated heterocycles. The minimum absolute atomic E-state index is 0.220. The van der Waals surface area contributed by atoms with Crippen molar-refractivity contribution in [3.05, 3.63) is 34.4 Å². The van der Waals surface area contributed by atoms with Gasteiger partial charge in [0.25, 0.3) is 0 Å². The van der Waals surface area contributed by atoms with Crippen molar-refractivity contribution in [2.45, 2.75) is 96.4 Å². The van der Waals surface area contributed by atoms with Crippen molar-refractivity contribution in [2.24, 2.45) is 34.5 Å². The summed E-state index contributed by atoms with van der Waals surface area (Å²) in [5, 5.41) is 0. The van der Waals surface area contributed by atoms with E-state index in [0.717, 1.165) is 29.7 Å². The summed E-state index contributed by atoms with van der Waals surface area (Å²) in [4.78, 5) is 14.3. The molecule has 170 valence electrons. The smallest absolute Gasteiger partial charge is 0.335 e. The lowest BCUT2D eigenvalue weighted by molar-refractivity contribution is -0.116. The van der Waals surface area contributed by atoms with E-state index in [-0.39, 0.29) is 5.63 Å². The lowest BCUT2D eigenvalue weighted by Gasteiger charge is -2.61. The normalized spacial score (nSPS) is 47.5. The van der Waals surface area contributed by atoms with E-state index in [0.29, 0.717) is 16.7 Å². The number of hydrogen-bond acceptors (Lipinski definition) is 3. The molecule has 1 aliphatic heterocycles. The summed E-state index contributed by atoms with van der Waals surface area (Å²) in [6.07, 6.45) is 17.4. The van der Waals surface area contributed by atoms with Gasteiger partial charge in [0, 0.05) is 12.1 Å². The molecule has 3 nitrogen and oxygen atoms in total. The van der Waals surface area contributed by atoms with Gasteiger partial charge in [-0.15, -0.1) is 0 Å². The molecule has 5 fully saturated rings. The van der Waals surface area contributed by atoms with Crippen LogP contribution in [0.2, 0.25) is 0 Å². The fourth-order valence-corrected chi connectivity index (χ4v) is 9.79. The second-order valence-electron chi connectivity index (χ2n) is 12.4. The topological polar surface area (TPSA) is 33.5 Å². The summed E-state index contributed by atoms with van der Waals surface area (Å²) in [6, 6.07) is 4.56. The molecule has 4 aliphatic carbocycles. The summed E-state index contributed by atoms with van der Waals surface area (Å²) in [5.74, 6) is 4.25. The Labute approximate surface area is 188 Å². The van der Waals surface area contributed by atoms with Crippen LogP contribution in [0.15, 0.2) is 27.6 Å². The Morgan fingerprint density at radius 1 is 0.903 bits per heavy atom. The van der Waals surface area contributed by atoms with E-state index in [1.165, 1.54) is 89.3 Å². The number of likely N-dealkylation sites (tertiary alicyclic amines) is 1. The lowest BCUT2D eigenvalue weighted by Crippen LogP contribution is -2.55. The summed E-state index contributed by atoms with van der Waals surface area (Å²) < 4.78 is 5.28. The lowest BCUT2D eigenvalue weighted by atomic mass is 9.44. The van der Waals surface area contributed by atoms with Gasteiger partial charge in [-0.3, -0.25) is 0 Å². The second kappa shape index (κ2) is 7.47. The first-order valence-corrected chi connectivity index (χ1v) is 13.3. The van der Waals surface area contributed by atoms with Crippen molar-refractivity contribution in [3.8, 4) is 0 Å². The maximum atomic E-state index is 11.5. The van der Waals surface area contributed by atoms with Crippen molar-refractivity contribution in [3.63, 3.8) is 0 Å². The minimum atomic E-state index is -0.220. The number of nitrogens with zero attached hydrogens (tertiary/aromatic N) is 1. The summed E-state index contributed by atoms with van der Waals surface area (Å²) in [6.45, 7) is 8.01. The first-order chi connectivity index (χ1) is 15.0. The van der Waals surface area contributed by atoms with Crippen molar-refractivity contribution < 1.29 is 4.42 Å². The maximum Gasteiger partial charge on any atom is 0.335 e. The highest BCUT2D eigenvalue weighted by Crippen LogP contribution is 2.69. The van der Waals surface area contributed by atoms with Crippen LogP contribution in [0, 0.1) is 34.5 Å². The molecule has 5 aliphatic rings. The fourth-order valence-electron chi connectivity index (χ4n) is 9.79. The number of hydrogen-bond donors (Lipinski definition) is 0. The Hall–Kier alpha value is -1.09. The Morgan fingerprint density at radius 3 is 2.45 bits per heavy atom. The van der Waals surface area contributed by atoms with Crippen molar-refractivity contribution >= 4 is 0 Å². The van der Waals surface area contributed by atoms with E-state index in [4.69, 9.17) is 4.42 Å². The zero-order valence-corrected chi connectivity index (χ0v) is 19.7. The molecule has 0 aromatic carbocycles. The fraction of sp³-hybridized carbons (Fsp3) is 0.821. The monoisotopic (exact) mass is 423 g/mol. The van der Waals surface area contributed by atoms with Gasteiger partial charge in [0.15, 0.2) is 0 Å². The maximum absolute atomic E-state index is 11.5. The molecule has 31 heavy (non-hydrogen) atoms.